The summed E-state index contributed by atoms with van der Waals surface area (Å²) < 4.78 is 5.86. The fourth-order valence-electron chi connectivity index (χ4n) is 7.33. The molecule has 4 aliphatic rings. The molecule has 190 valence electrons. The van der Waals surface area contributed by atoms with Gasteiger partial charge >= 0.3 is 5.97 Å². The van der Waals surface area contributed by atoms with Crippen LogP contribution in [0.1, 0.15) is 60.8 Å². The maximum atomic E-state index is 14.2. The molecule has 0 aromatic carbocycles. The molecule has 0 radical (unpaired) electrons. The van der Waals surface area contributed by atoms with Crippen molar-refractivity contribution in [3.8, 4) is 0 Å². The van der Waals surface area contributed by atoms with Gasteiger partial charge in [-0.3, -0.25) is 4.79 Å². The van der Waals surface area contributed by atoms with Crippen LogP contribution >= 0.6 is 0 Å². The predicted molar refractivity (Wildman–Crippen MR) is 136 cm³/mol. The smallest absolute Gasteiger partial charge is 0.331 e. The molecular weight excluding hydrogens is 440 g/mol. The lowest BCUT2D eigenvalue weighted by Crippen LogP contribution is -2.65. The Balaban J connectivity index is 1.70. The van der Waals surface area contributed by atoms with Crippen LogP contribution in [-0.4, -0.2) is 39.8 Å². The number of Topliss-reactive ketones (excluding diaryl/α,β-unsaturated/α-hetero) is 1. The number of esters is 1. The maximum Gasteiger partial charge on any atom is 0.331 e. The molecule has 4 aliphatic carbocycles. The SMILES string of the molecule is CCC\C=C/C=C/C=C\C(=O)O[C@@H]1C(C)=C[C@@H]2C(=O)[C@]3(C=C(C)[C@H](O)[C@@]13O)[C@H](C)C[C@@H]1[C@H]2C1(C)C. The lowest BCUT2D eigenvalue weighted by Gasteiger charge is -2.48. The summed E-state index contributed by atoms with van der Waals surface area (Å²) in [5.74, 6) is -0.701. The minimum atomic E-state index is -1.95. The Morgan fingerprint density at radius 1 is 1.17 bits per heavy atom. The van der Waals surface area contributed by atoms with Crippen molar-refractivity contribution in [2.45, 2.75) is 78.6 Å². The van der Waals surface area contributed by atoms with E-state index in [4.69, 9.17) is 4.74 Å². The second kappa shape index (κ2) is 9.01. The van der Waals surface area contributed by atoms with E-state index in [1.54, 1.807) is 32.1 Å². The van der Waals surface area contributed by atoms with Crippen molar-refractivity contribution in [3.63, 3.8) is 0 Å². The highest BCUT2D eigenvalue weighted by atomic mass is 16.6. The number of aliphatic hydroxyl groups is 2. The van der Waals surface area contributed by atoms with E-state index in [2.05, 4.69) is 26.8 Å². The number of carbonyl (C=O) groups is 2. The summed E-state index contributed by atoms with van der Waals surface area (Å²) in [4.78, 5) is 27.1. The molecule has 2 N–H and O–H groups in total. The highest BCUT2D eigenvalue weighted by Crippen LogP contribution is 2.71. The van der Waals surface area contributed by atoms with Gasteiger partial charge in [0.05, 0.1) is 5.41 Å². The summed E-state index contributed by atoms with van der Waals surface area (Å²) >= 11 is 0. The molecule has 0 amide bonds. The van der Waals surface area contributed by atoms with E-state index in [1.165, 1.54) is 6.08 Å². The number of aliphatic hydroxyl groups excluding tert-OH is 1. The minimum absolute atomic E-state index is 0.0399. The summed E-state index contributed by atoms with van der Waals surface area (Å²) in [5, 5.41) is 23.6. The number of hydrogen-bond acceptors (Lipinski definition) is 5. The first-order valence-electron chi connectivity index (χ1n) is 13.0. The minimum Gasteiger partial charge on any atom is -0.451 e. The van der Waals surface area contributed by atoms with Crippen LogP contribution in [0.2, 0.25) is 0 Å². The van der Waals surface area contributed by atoms with Crippen LogP contribution < -0.4 is 0 Å². The number of unbranched alkanes of at least 4 members (excludes halogenated alkanes) is 1. The van der Waals surface area contributed by atoms with E-state index < -0.39 is 29.2 Å². The van der Waals surface area contributed by atoms with Crippen molar-refractivity contribution in [2.75, 3.05) is 0 Å². The van der Waals surface area contributed by atoms with Gasteiger partial charge in [-0.15, -0.1) is 0 Å². The average Bonchev–Trinajstić information content (AvgIpc) is 3.30. The molecule has 5 heteroatoms. The second-order valence-corrected chi connectivity index (χ2v) is 11.7. The number of ketones is 1. The first-order chi connectivity index (χ1) is 16.4. The second-order valence-electron chi connectivity index (χ2n) is 11.7. The average molecular weight is 481 g/mol. The number of hydrogen-bond donors (Lipinski definition) is 2. The van der Waals surface area contributed by atoms with Crippen molar-refractivity contribution in [3.05, 3.63) is 59.8 Å². The highest BCUT2D eigenvalue weighted by molar-refractivity contribution is 5.95. The van der Waals surface area contributed by atoms with Crippen LogP contribution in [0.3, 0.4) is 0 Å². The van der Waals surface area contributed by atoms with Gasteiger partial charge in [0.2, 0.25) is 0 Å². The van der Waals surface area contributed by atoms with Gasteiger partial charge in [0.25, 0.3) is 0 Å². The third-order valence-electron chi connectivity index (χ3n) is 9.23. The normalized spacial score (nSPS) is 41.9. The van der Waals surface area contributed by atoms with Crippen molar-refractivity contribution in [1.82, 2.24) is 0 Å². The molecule has 1 spiro atoms. The molecule has 0 aromatic heterocycles. The quantitative estimate of drug-likeness (QED) is 0.245. The monoisotopic (exact) mass is 480 g/mol. The van der Waals surface area contributed by atoms with Gasteiger partial charge < -0.3 is 14.9 Å². The van der Waals surface area contributed by atoms with E-state index >= 15 is 0 Å². The molecule has 2 saturated carbocycles. The first kappa shape index (κ1) is 25.8. The third-order valence-corrected chi connectivity index (χ3v) is 9.23. The molecular formula is C30H40O5. The standard InChI is InChI=1S/C30H40O5/c1-7-8-9-10-11-12-13-14-23(31)35-27-18(2)15-21-24-22(28(24,5)6)16-20(4)29(26(21)33)17-19(3)25(32)30(27,29)34/h9-15,17,20-22,24-25,27,32,34H,7-8,16H2,1-6H3/b10-9-,12-11+,14-13-/t20-,21+,22-,24+,25+,27-,29+,30-/m1/s1. The van der Waals surface area contributed by atoms with Crippen molar-refractivity contribution in [1.29, 1.82) is 0 Å². The number of ether oxygens (including phenoxy) is 1. The number of allylic oxidation sites excluding steroid dienone is 6. The molecule has 35 heavy (non-hydrogen) atoms. The zero-order valence-corrected chi connectivity index (χ0v) is 21.8. The van der Waals surface area contributed by atoms with Gasteiger partial charge in [0, 0.05) is 12.0 Å². The Bertz CT molecular complexity index is 1040. The Morgan fingerprint density at radius 2 is 1.86 bits per heavy atom. The lowest BCUT2D eigenvalue weighted by molar-refractivity contribution is -0.201. The molecule has 0 aliphatic heterocycles. The van der Waals surface area contributed by atoms with E-state index in [-0.39, 0.29) is 29.0 Å². The molecule has 2 bridgehead atoms. The van der Waals surface area contributed by atoms with Crippen LogP contribution in [0.5, 0.6) is 0 Å². The molecule has 0 aromatic rings. The van der Waals surface area contributed by atoms with Crippen LogP contribution in [-0.2, 0) is 14.3 Å². The zero-order valence-electron chi connectivity index (χ0n) is 21.8. The first-order valence-corrected chi connectivity index (χ1v) is 13.0. The summed E-state index contributed by atoms with van der Waals surface area (Å²) in [6.07, 6.45) is 14.6. The number of fused-ring (bicyclic) bond motifs is 3. The van der Waals surface area contributed by atoms with Crippen molar-refractivity contribution >= 4 is 11.8 Å². The fourth-order valence-corrected chi connectivity index (χ4v) is 7.33. The topological polar surface area (TPSA) is 83.8 Å². The molecule has 4 rings (SSSR count). The van der Waals surface area contributed by atoms with Gasteiger partial charge in [-0.25, -0.2) is 4.79 Å². The number of rotatable bonds is 6. The zero-order chi connectivity index (χ0) is 25.8. The maximum absolute atomic E-state index is 14.2. The fraction of sp³-hybridized carbons (Fsp3) is 0.600. The third kappa shape index (κ3) is 3.74. The Hall–Kier alpha value is -2.24. The van der Waals surface area contributed by atoms with Crippen LogP contribution in [0, 0.1) is 34.5 Å². The van der Waals surface area contributed by atoms with E-state index in [0.29, 0.717) is 17.1 Å². The molecule has 0 heterocycles. The lowest BCUT2D eigenvalue weighted by atomic mass is 9.59. The molecule has 0 saturated heterocycles. The van der Waals surface area contributed by atoms with E-state index in [0.717, 1.165) is 19.3 Å². The number of carbonyl (C=O) groups excluding carboxylic acids is 2. The molecule has 2 fully saturated rings. The Morgan fingerprint density at radius 3 is 2.54 bits per heavy atom. The predicted octanol–water partition coefficient (Wildman–Crippen LogP) is 4.86. The highest BCUT2D eigenvalue weighted by Gasteiger charge is 2.76. The van der Waals surface area contributed by atoms with Gasteiger partial charge in [-0.1, -0.05) is 76.6 Å². The van der Waals surface area contributed by atoms with Crippen LogP contribution in [0.4, 0.5) is 0 Å². The van der Waals surface area contributed by atoms with Gasteiger partial charge in [-0.05, 0) is 61.0 Å². The Kier molecular flexibility index (Phi) is 6.65. The summed E-state index contributed by atoms with van der Waals surface area (Å²) in [7, 11) is 0. The summed E-state index contributed by atoms with van der Waals surface area (Å²) in [5.41, 5.74) is -2.05. The van der Waals surface area contributed by atoms with Crippen LogP contribution in [0.25, 0.3) is 0 Å². The summed E-state index contributed by atoms with van der Waals surface area (Å²) in [6, 6.07) is 0. The van der Waals surface area contributed by atoms with Gasteiger partial charge in [-0.2, -0.15) is 0 Å². The molecule has 8 atom stereocenters. The largest absolute Gasteiger partial charge is 0.451 e. The molecule has 5 nitrogen and oxygen atoms in total. The van der Waals surface area contributed by atoms with Gasteiger partial charge in [0.15, 0.2) is 17.5 Å². The molecule has 0 unspecified atom stereocenters. The van der Waals surface area contributed by atoms with E-state index in [1.807, 2.05) is 25.2 Å². The van der Waals surface area contributed by atoms with Crippen molar-refractivity contribution < 1.29 is 24.5 Å². The summed E-state index contributed by atoms with van der Waals surface area (Å²) in [6.45, 7) is 12.1. The van der Waals surface area contributed by atoms with Gasteiger partial charge in [0.1, 0.15) is 6.10 Å². The van der Waals surface area contributed by atoms with Crippen molar-refractivity contribution in [2.24, 2.45) is 34.5 Å². The van der Waals surface area contributed by atoms with E-state index in [9.17, 15) is 19.8 Å². The van der Waals surface area contributed by atoms with Crippen LogP contribution in [0.15, 0.2) is 59.8 Å². The Labute approximate surface area is 209 Å².